The Balaban J connectivity index is 0.00000242. The van der Waals surface area contributed by atoms with Gasteiger partial charge < -0.3 is 15.5 Å². The number of amides is 2. The van der Waals surface area contributed by atoms with E-state index < -0.39 is 0 Å². The van der Waals surface area contributed by atoms with E-state index in [-0.39, 0.29) is 30.3 Å². The summed E-state index contributed by atoms with van der Waals surface area (Å²) in [5, 5.41) is 5.94. The summed E-state index contributed by atoms with van der Waals surface area (Å²) in [6.07, 6.45) is 1.64. The zero-order valence-electron chi connectivity index (χ0n) is 13.1. The number of aryl methyl sites for hydroxylation is 1. The fourth-order valence-electron chi connectivity index (χ4n) is 2.41. The molecule has 6 heteroatoms. The Morgan fingerprint density at radius 1 is 1.32 bits per heavy atom. The molecule has 0 aromatic heterocycles. The van der Waals surface area contributed by atoms with Crippen LogP contribution in [0.4, 0.5) is 5.69 Å². The zero-order chi connectivity index (χ0) is 15.2. The van der Waals surface area contributed by atoms with Crippen LogP contribution in [0.3, 0.4) is 0 Å². The number of anilines is 1. The van der Waals surface area contributed by atoms with Crippen LogP contribution >= 0.6 is 12.4 Å². The van der Waals surface area contributed by atoms with Gasteiger partial charge in [0.05, 0.1) is 0 Å². The van der Waals surface area contributed by atoms with Crippen molar-refractivity contribution in [1.29, 1.82) is 0 Å². The standard InChI is InChI=1S/C16H23N3O2.ClH/c1-12(17-2)11-18-15(20)9-10-19-14-6-4-3-5-13(14)7-8-16(19)21;/h3-6,12,17H,7-11H2,1-2H3,(H,18,20);1H. The van der Waals surface area contributed by atoms with Crippen LogP contribution in [0.1, 0.15) is 25.3 Å². The predicted octanol–water partition coefficient (Wildman–Crippen LogP) is 1.50. The van der Waals surface area contributed by atoms with E-state index >= 15 is 0 Å². The average molecular weight is 326 g/mol. The van der Waals surface area contributed by atoms with E-state index in [0.29, 0.717) is 25.9 Å². The normalized spacial score (nSPS) is 14.8. The molecular formula is C16H24ClN3O2. The number of hydrogen-bond donors (Lipinski definition) is 2. The molecule has 1 atom stereocenters. The van der Waals surface area contributed by atoms with Crippen molar-refractivity contribution in [3.05, 3.63) is 29.8 Å². The number of fused-ring (bicyclic) bond motifs is 1. The Kier molecular flexibility index (Phi) is 7.35. The first-order valence-corrected chi connectivity index (χ1v) is 7.44. The maximum atomic E-state index is 12.1. The Labute approximate surface area is 137 Å². The van der Waals surface area contributed by atoms with Gasteiger partial charge in [-0.3, -0.25) is 9.59 Å². The van der Waals surface area contributed by atoms with E-state index in [4.69, 9.17) is 0 Å². The van der Waals surface area contributed by atoms with Gasteiger partial charge in [-0.2, -0.15) is 0 Å². The van der Waals surface area contributed by atoms with Gasteiger partial charge in [0.2, 0.25) is 11.8 Å². The van der Waals surface area contributed by atoms with Crippen LogP contribution in [-0.2, 0) is 16.0 Å². The second kappa shape index (κ2) is 8.76. The molecule has 0 aliphatic carbocycles. The summed E-state index contributed by atoms with van der Waals surface area (Å²) >= 11 is 0. The van der Waals surface area contributed by atoms with Crippen molar-refractivity contribution in [3.8, 4) is 0 Å². The van der Waals surface area contributed by atoms with Crippen LogP contribution in [0.2, 0.25) is 0 Å². The van der Waals surface area contributed by atoms with E-state index in [9.17, 15) is 9.59 Å². The second-order valence-corrected chi connectivity index (χ2v) is 5.42. The number of benzene rings is 1. The van der Waals surface area contributed by atoms with Crippen molar-refractivity contribution in [2.45, 2.75) is 32.2 Å². The summed E-state index contributed by atoms with van der Waals surface area (Å²) < 4.78 is 0. The first kappa shape index (κ1) is 18.5. The van der Waals surface area contributed by atoms with Crippen molar-refractivity contribution in [3.63, 3.8) is 0 Å². The van der Waals surface area contributed by atoms with Gasteiger partial charge in [0.1, 0.15) is 0 Å². The van der Waals surface area contributed by atoms with Gasteiger partial charge in [-0.25, -0.2) is 0 Å². The van der Waals surface area contributed by atoms with Gasteiger partial charge in [0, 0.05) is 37.7 Å². The fourth-order valence-corrected chi connectivity index (χ4v) is 2.41. The third kappa shape index (κ3) is 4.71. The topological polar surface area (TPSA) is 61.4 Å². The molecule has 0 radical (unpaired) electrons. The van der Waals surface area contributed by atoms with Gasteiger partial charge in [0.25, 0.3) is 0 Å². The largest absolute Gasteiger partial charge is 0.354 e. The van der Waals surface area contributed by atoms with Gasteiger partial charge in [-0.1, -0.05) is 18.2 Å². The summed E-state index contributed by atoms with van der Waals surface area (Å²) in [6, 6.07) is 8.15. The molecule has 0 saturated heterocycles. The SMILES string of the molecule is CNC(C)CNC(=O)CCN1C(=O)CCc2ccccc21.Cl. The third-order valence-corrected chi connectivity index (χ3v) is 3.85. The molecule has 1 aromatic carbocycles. The molecule has 2 rings (SSSR count). The Morgan fingerprint density at radius 2 is 2.05 bits per heavy atom. The van der Waals surface area contributed by atoms with Gasteiger partial charge in [-0.15, -0.1) is 12.4 Å². The summed E-state index contributed by atoms with van der Waals surface area (Å²) in [5.41, 5.74) is 2.13. The Bertz CT molecular complexity index is 522. The van der Waals surface area contributed by atoms with Crippen LogP contribution in [0, 0.1) is 0 Å². The van der Waals surface area contributed by atoms with Crippen molar-refractivity contribution in [2.24, 2.45) is 0 Å². The van der Waals surface area contributed by atoms with Crippen LogP contribution in [0.5, 0.6) is 0 Å². The number of carbonyl (C=O) groups excluding carboxylic acids is 2. The van der Waals surface area contributed by atoms with Crippen molar-refractivity contribution < 1.29 is 9.59 Å². The Hall–Kier alpha value is -1.59. The lowest BCUT2D eigenvalue weighted by Crippen LogP contribution is -2.40. The summed E-state index contributed by atoms with van der Waals surface area (Å²) in [4.78, 5) is 25.7. The first-order valence-electron chi connectivity index (χ1n) is 7.44. The molecule has 0 saturated carbocycles. The van der Waals surface area contributed by atoms with Crippen molar-refractivity contribution in [1.82, 2.24) is 10.6 Å². The van der Waals surface area contributed by atoms with E-state index in [0.717, 1.165) is 12.1 Å². The minimum absolute atomic E-state index is 0. The van der Waals surface area contributed by atoms with Crippen molar-refractivity contribution >= 4 is 29.9 Å². The predicted molar refractivity (Wildman–Crippen MR) is 90.5 cm³/mol. The monoisotopic (exact) mass is 325 g/mol. The highest BCUT2D eigenvalue weighted by Crippen LogP contribution is 2.27. The van der Waals surface area contributed by atoms with Crippen LogP contribution < -0.4 is 15.5 Å². The molecule has 0 spiro atoms. The lowest BCUT2D eigenvalue weighted by atomic mass is 10.0. The molecule has 0 bridgehead atoms. The maximum Gasteiger partial charge on any atom is 0.227 e. The number of hydrogen-bond acceptors (Lipinski definition) is 3. The number of carbonyl (C=O) groups is 2. The molecule has 22 heavy (non-hydrogen) atoms. The number of halogens is 1. The molecule has 1 aliphatic heterocycles. The number of likely N-dealkylation sites (N-methyl/N-ethyl adjacent to an activating group) is 1. The highest BCUT2D eigenvalue weighted by atomic mass is 35.5. The molecule has 5 nitrogen and oxygen atoms in total. The first-order chi connectivity index (χ1) is 10.1. The quantitative estimate of drug-likeness (QED) is 0.833. The number of para-hydroxylation sites is 1. The van der Waals surface area contributed by atoms with E-state index in [1.807, 2.05) is 38.2 Å². The summed E-state index contributed by atoms with van der Waals surface area (Å²) in [7, 11) is 1.86. The lowest BCUT2D eigenvalue weighted by molar-refractivity contribution is -0.121. The highest BCUT2D eigenvalue weighted by Gasteiger charge is 2.23. The zero-order valence-corrected chi connectivity index (χ0v) is 13.9. The number of rotatable bonds is 6. The van der Waals surface area contributed by atoms with Gasteiger partial charge in [0.15, 0.2) is 0 Å². The van der Waals surface area contributed by atoms with Crippen molar-refractivity contribution in [2.75, 3.05) is 25.0 Å². The second-order valence-electron chi connectivity index (χ2n) is 5.42. The van der Waals surface area contributed by atoms with Crippen LogP contribution in [0.15, 0.2) is 24.3 Å². The average Bonchev–Trinajstić information content (AvgIpc) is 2.51. The number of nitrogens with one attached hydrogen (secondary N) is 2. The molecule has 122 valence electrons. The van der Waals surface area contributed by atoms with Gasteiger partial charge >= 0.3 is 0 Å². The molecule has 0 fully saturated rings. The molecule has 2 N–H and O–H groups in total. The highest BCUT2D eigenvalue weighted by molar-refractivity contribution is 5.96. The summed E-state index contributed by atoms with van der Waals surface area (Å²) in [6.45, 7) is 3.04. The fraction of sp³-hybridized carbons (Fsp3) is 0.500. The minimum atomic E-state index is -0.0204. The van der Waals surface area contributed by atoms with E-state index in [1.54, 1.807) is 4.90 Å². The molecule has 2 amide bonds. The van der Waals surface area contributed by atoms with E-state index in [1.165, 1.54) is 5.56 Å². The lowest BCUT2D eigenvalue weighted by Gasteiger charge is -2.29. The Morgan fingerprint density at radius 3 is 2.77 bits per heavy atom. The van der Waals surface area contributed by atoms with Crippen LogP contribution in [-0.4, -0.2) is 38.0 Å². The van der Waals surface area contributed by atoms with E-state index in [2.05, 4.69) is 10.6 Å². The van der Waals surface area contributed by atoms with Crippen LogP contribution in [0.25, 0.3) is 0 Å². The smallest absolute Gasteiger partial charge is 0.227 e. The van der Waals surface area contributed by atoms with Gasteiger partial charge in [-0.05, 0) is 32.0 Å². The molecule has 1 heterocycles. The minimum Gasteiger partial charge on any atom is -0.354 e. The third-order valence-electron chi connectivity index (χ3n) is 3.85. The molecular weight excluding hydrogens is 302 g/mol. The maximum absolute atomic E-state index is 12.1. The molecule has 1 unspecified atom stereocenters. The summed E-state index contributed by atoms with van der Waals surface area (Å²) in [5.74, 6) is 0.0815. The molecule has 1 aromatic rings. The number of nitrogens with zero attached hydrogens (tertiary/aromatic N) is 1. The molecule has 1 aliphatic rings.